The largest absolute Gasteiger partial charge is 0.401 e. The maximum atomic E-state index is 9.79. The van der Waals surface area contributed by atoms with E-state index in [9.17, 15) is 5.11 Å². The monoisotopic (exact) mass is 227 g/mol. The lowest BCUT2D eigenvalue weighted by molar-refractivity contribution is 0.0226. The molecule has 0 saturated heterocycles. The molecule has 0 heterocycles. The Morgan fingerprint density at radius 2 is 1.94 bits per heavy atom. The molecule has 0 aromatic carbocycles. The van der Waals surface area contributed by atoms with Crippen LogP contribution in [0, 0.1) is 11.3 Å². The van der Waals surface area contributed by atoms with Gasteiger partial charge in [-0.15, -0.1) is 0 Å². The van der Waals surface area contributed by atoms with Crippen molar-refractivity contribution in [1.82, 2.24) is 5.01 Å². The van der Waals surface area contributed by atoms with Gasteiger partial charge in [0.1, 0.15) is 0 Å². The summed E-state index contributed by atoms with van der Waals surface area (Å²) in [4.78, 5) is 0. The van der Waals surface area contributed by atoms with E-state index in [2.05, 4.69) is 20.8 Å². The van der Waals surface area contributed by atoms with Crippen LogP contribution in [-0.4, -0.2) is 22.3 Å². The third kappa shape index (κ3) is 3.39. The standard InChI is InChI=1S/C12H25N3O/c1-8(16)11(12(2,3)4)15(14)7-10(13)9-5-6-9/h7-9,11,16H,5-6,13-14H2,1-4H3/b10-7-. The SMILES string of the molecule is CC(O)C(N(N)/C=C(\N)C1CC1)C(C)(C)C. The lowest BCUT2D eigenvalue weighted by Crippen LogP contribution is -2.51. The average Bonchev–Trinajstić information content (AvgIpc) is 2.80. The molecule has 1 rings (SSSR count). The van der Waals surface area contributed by atoms with Crippen LogP contribution in [0.15, 0.2) is 11.9 Å². The first-order chi connectivity index (χ1) is 7.23. The Labute approximate surface area is 98.3 Å². The molecule has 1 fully saturated rings. The predicted molar refractivity (Wildman–Crippen MR) is 65.9 cm³/mol. The Balaban J connectivity index is 2.74. The minimum absolute atomic E-state index is 0.0940. The van der Waals surface area contributed by atoms with Crippen LogP contribution in [0.5, 0.6) is 0 Å². The second-order valence-electron chi connectivity index (χ2n) is 5.90. The molecule has 5 N–H and O–H groups in total. The second-order valence-corrected chi connectivity index (χ2v) is 5.90. The van der Waals surface area contributed by atoms with Gasteiger partial charge in [0.05, 0.1) is 12.1 Å². The molecule has 0 aromatic rings. The van der Waals surface area contributed by atoms with Crippen LogP contribution in [-0.2, 0) is 0 Å². The van der Waals surface area contributed by atoms with Crippen LogP contribution < -0.4 is 11.6 Å². The number of aliphatic hydroxyl groups excluding tert-OH is 1. The highest BCUT2D eigenvalue weighted by atomic mass is 16.3. The Bertz CT molecular complexity index is 264. The van der Waals surface area contributed by atoms with Gasteiger partial charge in [-0.1, -0.05) is 20.8 Å². The third-order valence-corrected chi connectivity index (χ3v) is 3.01. The first-order valence-corrected chi connectivity index (χ1v) is 5.91. The first kappa shape index (κ1) is 13.3. The number of aliphatic hydroxyl groups is 1. The number of nitrogens with two attached hydrogens (primary N) is 2. The summed E-state index contributed by atoms with van der Waals surface area (Å²) in [6, 6.07) is -0.134. The highest BCUT2D eigenvalue weighted by molar-refractivity contribution is 5.08. The van der Waals surface area contributed by atoms with Crippen LogP contribution in [0.1, 0.15) is 40.5 Å². The number of allylic oxidation sites excluding steroid dienone is 1. The van der Waals surface area contributed by atoms with Gasteiger partial charge in [-0.05, 0) is 25.2 Å². The molecule has 0 aromatic heterocycles. The molecule has 0 spiro atoms. The lowest BCUT2D eigenvalue weighted by atomic mass is 9.83. The van der Waals surface area contributed by atoms with Gasteiger partial charge < -0.3 is 15.8 Å². The van der Waals surface area contributed by atoms with Crippen LogP contribution >= 0.6 is 0 Å². The van der Waals surface area contributed by atoms with E-state index in [1.807, 2.05) is 0 Å². The number of nitrogens with zero attached hydrogens (tertiary/aromatic N) is 1. The Morgan fingerprint density at radius 1 is 1.44 bits per heavy atom. The molecule has 0 radical (unpaired) electrons. The fourth-order valence-electron chi connectivity index (χ4n) is 2.19. The minimum atomic E-state index is -0.492. The minimum Gasteiger partial charge on any atom is -0.401 e. The van der Waals surface area contributed by atoms with E-state index >= 15 is 0 Å². The molecule has 0 bridgehead atoms. The third-order valence-electron chi connectivity index (χ3n) is 3.01. The highest BCUT2D eigenvalue weighted by Gasteiger charge is 2.33. The van der Waals surface area contributed by atoms with E-state index in [0.717, 1.165) is 18.5 Å². The number of hydrogen-bond donors (Lipinski definition) is 3. The Kier molecular flexibility index (Phi) is 3.86. The molecular weight excluding hydrogens is 202 g/mol. The maximum Gasteiger partial charge on any atom is 0.0750 e. The summed E-state index contributed by atoms with van der Waals surface area (Å²) in [5.41, 5.74) is 6.66. The number of hydrazine groups is 1. The number of hydrogen-bond acceptors (Lipinski definition) is 4. The second kappa shape index (κ2) is 4.63. The Morgan fingerprint density at radius 3 is 2.25 bits per heavy atom. The molecule has 2 unspecified atom stereocenters. The molecule has 94 valence electrons. The van der Waals surface area contributed by atoms with Gasteiger partial charge in [-0.3, -0.25) is 0 Å². The smallest absolute Gasteiger partial charge is 0.0750 e. The van der Waals surface area contributed by atoms with Crippen LogP contribution in [0.4, 0.5) is 0 Å². The van der Waals surface area contributed by atoms with Gasteiger partial charge in [0, 0.05) is 17.8 Å². The molecule has 0 amide bonds. The molecule has 4 heteroatoms. The van der Waals surface area contributed by atoms with Crippen molar-refractivity contribution in [3.05, 3.63) is 11.9 Å². The molecule has 2 atom stereocenters. The topological polar surface area (TPSA) is 75.5 Å². The summed E-state index contributed by atoms with van der Waals surface area (Å²) in [6.45, 7) is 7.94. The van der Waals surface area contributed by atoms with Crippen LogP contribution in [0.2, 0.25) is 0 Å². The lowest BCUT2D eigenvalue weighted by Gasteiger charge is -2.39. The van der Waals surface area contributed by atoms with Crippen molar-refractivity contribution in [3.63, 3.8) is 0 Å². The van der Waals surface area contributed by atoms with Crippen LogP contribution in [0.25, 0.3) is 0 Å². The molecule has 1 aliphatic rings. The zero-order chi connectivity index (χ0) is 12.5. The van der Waals surface area contributed by atoms with E-state index in [1.54, 1.807) is 18.1 Å². The Hall–Kier alpha value is -0.740. The van der Waals surface area contributed by atoms with Gasteiger partial charge in [-0.2, -0.15) is 0 Å². The van der Waals surface area contributed by atoms with Crippen molar-refractivity contribution in [3.8, 4) is 0 Å². The van der Waals surface area contributed by atoms with E-state index in [-0.39, 0.29) is 11.5 Å². The van der Waals surface area contributed by atoms with Gasteiger partial charge in [0.15, 0.2) is 0 Å². The zero-order valence-corrected chi connectivity index (χ0v) is 10.8. The van der Waals surface area contributed by atoms with Crippen molar-refractivity contribution in [1.29, 1.82) is 0 Å². The molecular formula is C12H25N3O. The van der Waals surface area contributed by atoms with Gasteiger partial charge in [0.2, 0.25) is 0 Å². The quantitative estimate of drug-likeness (QED) is 0.498. The number of rotatable bonds is 4. The molecule has 1 saturated carbocycles. The summed E-state index contributed by atoms with van der Waals surface area (Å²) in [6.07, 6.45) is 3.60. The van der Waals surface area contributed by atoms with Crippen molar-refractivity contribution < 1.29 is 5.11 Å². The fourth-order valence-corrected chi connectivity index (χ4v) is 2.19. The fraction of sp³-hybridized carbons (Fsp3) is 0.833. The van der Waals surface area contributed by atoms with Gasteiger partial charge in [-0.25, -0.2) is 5.84 Å². The predicted octanol–water partition coefficient (Wildman–Crippen LogP) is 1.17. The van der Waals surface area contributed by atoms with Crippen LogP contribution in [0.3, 0.4) is 0 Å². The molecule has 4 nitrogen and oxygen atoms in total. The van der Waals surface area contributed by atoms with E-state index in [0.29, 0.717) is 5.92 Å². The van der Waals surface area contributed by atoms with Gasteiger partial charge in [0.25, 0.3) is 0 Å². The summed E-state index contributed by atoms with van der Waals surface area (Å²) in [5.74, 6) is 6.49. The van der Waals surface area contributed by atoms with Gasteiger partial charge >= 0.3 is 0 Å². The normalized spacial score (nSPS) is 21.8. The van der Waals surface area contributed by atoms with Crippen molar-refractivity contribution in [2.24, 2.45) is 22.9 Å². The van der Waals surface area contributed by atoms with Crippen molar-refractivity contribution in [2.45, 2.75) is 52.7 Å². The molecule has 1 aliphatic carbocycles. The molecule has 0 aliphatic heterocycles. The first-order valence-electron chi connectivity index (χ1n) is 5.91. The highest BCUT2D eigenvalue weighted by Crippen LogP contribution is 2.34. The average molecular weight is 227 g/mol. The summed E-state index contributed by atoms with van der Waals surface area (Å²) < 4.78 is 0. The summed E-state index contributed by atoms with van der Waals surface area (Å²) in [7, 11) is 0. The maximum absolute atomic E-state index is 9.79. The van der Waals surface area contributed by atoms with E-state index in [4.69, 9.17) is 11.6 Å². The summed E-state index contributed by atoms with van der Waals surface area (Å²) in [5, 5.41) is 11.4. The molecule has 16 heavy (non-hydrogen) atoms. The zero-order valence-electron chi connectivity index (χ0n) is 10.8. The van der Waals surface area contributed by atoms with E-state index in [1.165, 1.54) is 0 Å². The summed E-state index contributed by atoms with van der Waals surface area (Å²) >= 11 is 0. The van der Waals surface area contributed by atoms with E-state index < -0.39 is 6.10 Å². The van der Waals surface area contributed by atoms with Crippen molar-refractivity contribution in [2.75, 3.05) is 0 Å². The van der Waals surface area contributed by atoms with Crippen molar-refractivity contribution >= 4 is 0 Å².